The number of nitrogens with zero attached hydrogens (tertiary/aromatic N) is 1. The summed E-state index contributed by atoms with van der Waals surface area (Å²) < 4.78 is 6.95. The summed E-state index contributed by atoms with van der Waals surface area (Å²) >= 11 is 0. The van der Waals surface area contributed by atoms with Gasteiger partial charge in [0.2, 0.25) is 0 Å². The molecular weight excluding hydrogens is 406 g/mol. The first-order chi connectivity index (χ1) is 15.4. The van der Waals surface area contributed by atoms with Crippen molar-refractivity contribution < 1.29 is 19.4 Å². The first-order valence-corrected chi connectivity index (χ1v) is 10.8. The second kappa shape index (κ2) is 10.6. The minimum atomic E-state index is -0.968. The van der Waals surface area contributed by atoms with Gasteiger partial charge in [-0.2, -0.15) is 0 Å². The summed E-state index contributed by atoms with van der Waals surface area (Å²) in [4.78, 5) is 36.2. The maximum absolute atomic E-state index is 12.5. The second-order valence-corrected chi connectivity index (χ2v) is 7.54. The van der Waals surface area contributed by atoms with Crippen LogP contribution in [0.25, 0.3) is 11.1 Å². The summed E-state index contributed by atoms with van der Waals surface area (Å²) in [6.07, 6.45) is 4.24. The van der Waals surface area contributed by atoms with E-state index in [1.165, 1.54) is 6.07 Å². The average Bonchev–Trinajstić information content (AvgIpc) is 2.79. The molecule has 1 heterocycles. The van der Waals surface area contributed by atoms with Gasteiger partial charge >= 0.3 is 11.9 Å². The summed E-state index contributed by atoms with van der Waals surface area (Å²) in [5.41, 5.74) is 3.25. The molecule has 0 bridgehead atoms. The Morgan fingerprint density at radius 2 is 1.72 bits per heavy atom. The van der Waals surface area contributed by atoms with Crippen LogP contribution in [-0.2, 0) is 17.7 Å². The molecule has 0 aliphatic carbocycles. The second-order valence-electron chi connectivity index (χ2n) is 7.54. The third kappa shape index (κ3) is 5.32. The fourth-order valence-electron chi connectivity index (χ4n) is 3.61. The van der Waals surface area contributed by atoms with Crippen molar-refractivity contribution in [3.8, 4) is 11.1 Å². The minimum Gasteiger partial charge on any atom is -0.478 e. The van der Waals surface area contributed by atoms with E-state index in [9.17, 15) is 19.5 Å². The fraction of sp³-hybridized carbons (Fsp3) is 0.269. The maximum Gasteiger partial charge on any atom is 0.343 e. The molecule has 1 aromatic heterocycles. The Morgan fingerprint density at radius 3 is 2.38 bits per heavy atom. The van der Waals surface area contributed by atoms with Crippen molar-refractivity contribution in [3.05, 3.63) is 93.4 Å². The standard InChI is InChI=1S/C26H27NO5/c1-3-5-8-20-15-24(28)23(26(31)32-4-2)17-27(20)16-18-11-13-19(14-12-18)21-9-6-7-10-22(21)25(29)30/h6-7,9-15,17H,3-5,8,16H2,1-2H3,(H,29,30). The molecule has 0 amide bonds. The zero-order chi connectivity index (χ0) is 23.1. The van der Waals surface area contributed by atoms with Crippen molar-refractivity contribution in [2.75, 3.05) is 6.61 Å². The van der Waals surface area contributed by atoms with Gasteiger partial charge in [0, 0.05) is 24.5 Å². The molecule has 0 fully saturated rings. The number of hydrogen-bond acceptors (Lipinski definition) is 4. The predicted octanol–water partition coefficient (Wildman–Crippen LogP) is 4.78. The van der Waals surface area contributed by atoms with Crippen LogP contribution in [0.5, 0.6) is 0 Å². The van der Waals surface area contributed by atoms with Crippen LogP contribution in [0, 0.1) is 0 Å². The number of pyridine rings is 1. The number of aryl methyl sites for hydroxylation is 1. The number of carbonyl (C=O) groups excluding carboxylic acids is 1. The highest BCUT2D eigenvalue weighted by molar-refractivity contribution is 5.96. The van der Waals surface area contributed by atoms with E-state index in [1.54, 1.807) is 31.3 Å². The lowest BCUT2D eigenvalue weighted by molar-refractivity contribution is 0.0523. The van der Waals surface area contributed by atoms with Crippen LogP contribution in [0.15, 0.2) is 65.6 Å². The summed E-state index contributed by atoms with van der Waals surface area (Å²) in [6, 6.07) is 16.1. The molecule has 0 aliphatic rings. The van der Waals surface area contributed by atoms with Gasteiger partial charge in [-0.3, -0.25) is 4.79 Å². The maximum atomic E-state index is 12.5. The van der Waals surface area contributed by atoms with E-state index in [4.69, 9.17) is 4.74 Å². The number of rotatable bonds is 9. The highest BCUT2D eigenvalue weighted by atomic mass is 16.5. The summed E-state index contributed by atoms with van der Waals surface area (Å²) in [5, 5.41) is 9.44. The van der Waals surface area contributed by atoms with Gasteiger partial charge in [-0.15, -0.1) is 0 Å². The van der Waals surface area contributed by atoms with Gasteiger partial charge in [0.05, 0.1) is 12.2 Å². The quantitative estimate of drug-likeness (QED) is 0.491. The molecule has 6 heteroatoms. The average molecular weight is 434 g/mol. The lowest BCUT2D eigenvalue weighted by Gasteiger charge is -2.16. The molecule has 32 heavy (non-hydrogen) atoms. The molecule has 0 aliphatic heterocycles. The zero-order valence-corrected chi connectivity index (χ0v) is 18.3. The zero-order valence-electron chi connectivity index (χ0n) is 18.3. The molecule has 0 atom stereocenters. The molecule has 3 rings (SSSR count). The monoisotopic (exact) mass is 433 g/mol. The predicted molar refractivity (Wildman–Crippen MR) is 123 cm³/mol. The van der Waals surface area contributed by atoms with Crippen LogP contribution >= 0.6 is 0 Å². The van der Waals surface area contributed by atoms with E-state index in [-0.39, 0.29) is 23.2 Å². The van der Waals surface area contributed by atoms with Crippen LogP contribution in [0.3, 0.4) is 0 Å². The lowest BCUT2D eigenvalue weighted by atomic mass is 9.98. The van der Waals surface area contributed by atoms with Gasteiger partial charge in [-0.1, -0.05) is 55.8 Å². The minimum absolute atomic E-state index is 0.0269. The number of aromatic carboxylic acids is 1. The van der Waals surface area contributed by atoms with Crippen LogP contribution in [-0.4, -0.2) is 28.2 Å². The third-order valence-corrected chi connectivity index (χ3v) is 5.27. The molecule has 1 N–H and O–H groups in total. The number of hydrogen-bond donors (Lipinski definition) is 1. The Kier molecular flexibility index (Phi) is 7.60. The Balaban J connectivity index is 1.93. The van der Waals surface area contributed by atoms with Gasteiger partial charge in [0.15, 0.2) is 5.43 Å². The van der Waals surface area contributed by atoms with Crippen molar-refractivity contribution in [3.63, 3.8) is 0 Å². The molecule has 0 radical (unpaired) electrons. The summed E-state index contributed by atoms with van der Waals surface area (Å²) in [5.74, 6) is -1.58. The normalized spacial score (nSPS) is 10.7. The summed E-state index contributed by atoms with van der Waals surface area (Å²) in [6.45, 7) is 4.47. The molecule has 0 unspecified atom stereocenters. The van der Waals surface area contributed by atoms with Gasteiger partial charge in [-0.25, -0.2) is 9.59 Å². The van der Waals surface area contributed by atoms with Crippen LogP contribution in [0.4, 0.5) is 0 Å². The number of carbonyl (C=O) groups is 2. The highest BCUT2D eigenvalue weighted by Gasteiger charge is 2.15. The molecule has 0 spiro atoms. The van der Waals surface area contributed by atoms with E-state index in [2.05, 4.69) is 6.92 Å². The number of carboxylic acid groups (broad SMARTS) is 1. The van der Waals surface area contributed by atoms with Crippen LogP contribution in [0.2, 0.25) is 0 Å². The molecule has 0 saturated heterocycles. The van der Waals surface area contributed by atoms with Crippen LogP contribution < -0.4 is 5.43 Å². The Bertz CT molecular complexity index is 1160. The first-order valence-electron chi connectivity index (χ1n) is 10.8. The number of unbranched alkanes of at least 4 members (excludes halogenated alkanes) is 1. The first kappa shape index (κ1) is 23.0. The number of esters is 1. The third-order valence-electron chi connectivity index (χ3n) is 5.27. The largest absolute Gasteiger partial charge is 0.478 e. The van der Waals surface area contributed by atoms with E-state index >= 15 is 0 Å². The molecule has 3 aromatic rings. The topological polar surface area (TPSA) is 85.6 Å². The Morgan fingerprint density at radius 1 is 1.00 bits per heavy atom. The van der Waals surface area contributed by atoms with Crippen molar-refractivity contribution in [2.24, 2.45) is 0 Å². The van der Waals surface area contributed by atoms with Gasteiger partial charge in [0.1, 0.15) is 5.56 Å². The highest BCUT2D eigenvalue weighted by Crippen LogP contribution is 2.24. The molecule has 6 nitrogen and oxygen atoms in total. The van der Waals surface area contributed by atoms with Gasteiger partial charge in [0.25, 0.3) is 0 Å². The SMILES string of the molecule is CCCCc1cc(=O)c(C(=O)OCC)cn1Cc1ccc(-c2ccccc2C(=O)O)cc1. The van der Waals surface area contributed by atoms with Crippen molar-refractivity contribution in [1.29, 1.82) is 0 Å². The van der Waals surface area contributed by atoms with Crippen molar-refractivity contribution in [1.82, 2.24) is 4.57 Å². The molecule has 2 aromatic carbocycles. The lowest BCUT2D eigenvalue weighted by Crippen LogP contribution is -2.22. The van der Waals surface area contributed by atoms with E-state index in [0.717, 1.165) is 36.1 Å². The van der Waals surface area contributed by atoms with E-state index in [1.807, 2.05) is 34.9 Å². The van der Waals surface area contributed by atoms with Gasteiger partial charge in [-0.05, 0) is 42.5 Å². The Labute approximate surface area is 187 Å². The smallest absolute Gasteiger partial charge is 0.343 e. The van der Waals surface area contributed by atoms with Crippen molar-refractivity contribution in [2.45, 2.75) is 39.7 Å². The molecular formula is C26H27NO5. The molecule has 166 valence electrons. The fourth-order valence-corrected chi connectivity index (χ4v) is 3.61. The van der Waals surface area contributed by atoms with Crippen LogP contribution in [0.1, 0.15) is 58.7 Å². The van der Waals surface area contributed by atoms with Crippen molar-refractivity contribution >= 4 is 11.9 Å². The van der Waals surface area contributed by atoms with E-state index < -0.39 is 11.9 Å². The summed E-state index contributed by atoms with van der Waals surface area (Å²) in [7, 11) is 0. The number of carboxylic acids is 1. The van der Waals surface area contributed by atoms with E-state index in [0.29, 0.717) is 12.1 Å². The number of aromatic nitrogens is 1. The van der Waals surface area contributed by atoms with Gasteiger partial charge < -0.3 is 14.4 Å². The number of benzene rings is 2. The Hall–Kier alpha value is -3.67. The number of ether oxygens (including phenoxy) is 1. The molecule has 0 saturated carbocycles.